The van der Waals surface area contributed by atoms with Gasteiger partial charge in [0.15, 0.2) is 0 Å². The molecule has 1 aromatic carbocycles. The molecule has 0 bridgehead atoms. The first-order chi connectivity index (χ1) is 11.3. The van der Waals surface area contributed by atoms with Crippen LogP contribution in [0.1, 0.15) is 33.1 Å². The van der Waals surface area contributed by atoms with Crippen LogP contribution in [0.5, 0.6) is 5.75 Å². The predicted molar refractivity (Wildman–Crippen MR) is 97.0 cm³/mol. The van der Waals surface area contributed by atoms with Crippen molar-refractivity contribution >= 4 is 21.6 Å². The maximum absolute atomic E-state index is 12.4. The van der Waals surface area contributed by atoms with Crippen LogP contribution in [-0.4, -0.2) is 52.2 Å². The summed E-state index contributed by atoms with van der Waals surface area (Å²) in [4.78, 5) is 14.2. The van der Waals surface area contributed by atoms with E-state index in [2.05, 4.69) is 0 Å². The van der Waals surface area contributed by atoms with Gasteiger partial charge in [-0.25, -0.2) is 8.42 Å². The Hall–Kier alpha value is -1.76. The Morgan fingerprint density at radius 2 is 1.75 bits per heavy atom. The average Bonchev–Trinajstić information content (AvgIpc) is 2.53. The molecule has 0 N–H and O–H groups in total. The molecule has 0 saturated heterocycles. The summed E-state index contributed by atoms with van der Waals surface area (Å²) in [7, 11) is -1.95. The second-order valence-electron chi connectivity index (χ2n) is 5.67. The first-order valence-electron chi connectivity index (χ1n) is 8.23. The van der Waals surface area contributed by atoms with Crippen molar-refractivity contribution in [1.29, 1.82) is 0 Å². The van der Waals surface area contributed by atoms with E-state index < -0.39 is 10.0 Å². The van der Waals surface area contributed by atoms with E-state index in [0.29, 0.717) is 24.5 Å². The van der Waals surface area contributed by atoms with Crippen LogP contribution in [0.25, 0.3) is 0 Å². The molecule has 0 fully saturated rings. The number of sulfonamides is 1. The molecule has 0 saturated carbocycles. The fourth-order valence-corrected chi connectivity index (χ4v) is 3.43. The van der Waals surface area contributed by atoms with E-state index >= 15 is 0 Å². The molecular weight excluding hydrogens is 328 g/mol. The Labute approximate surface area is 145 Å². The number of carbonyl (C=O) groups excluding carboxylic acids is 1. The van der Waals surface area contributed by atoms with Gasteiger partial charge in [-0.15, -0.1) is 0 Å². The molecule has 0 radical (unpaired) electrons. The minimum Gasteiger partial charge on any atom is -0.497 e. The van der Waals surface area contributed by atoms with Crippen molar-refractivity contribution in [2.75, 3.05) is 37.3 Å². The zero-order valence-corrected chi connectivity index (χ0v) is 15.8. The van der Waals surface area contributed by atoms with E-state index in [1.54, 1.807) is 29.2 Å². The zero-order valence-electron chi connectivity index (χ0n) is 15.0. The summed E-state index contributed by atoms with van der Waals surface area (Å²) in [6.45, 7) is 5.56. The molecule has 136 valence electrons. The second-order valence-corrected chi connectivity index (χ2v) is 7.57. The maximum Gasteiger partial charge on any atom is 0.232 e. The quantitative estimate of drug-likeness (QED) is 0.646. The molecule has 7 heteroatoms. The van der Waals surface area contributed by atoms with Gasteiger partial charge in [0.25, 0.3) is 0 Å². The van der Waals surface area contributed by atoms with Crippen LogP contribution in [0, 0.1) is 0 Å². The topological polar surface area (TPSA) is 66.9 Å². The first-order valence-corrected chi connectivity index (χ1v) is 10.1. The van der Waals surface area contributed by atoms with Gasteiger partial charge in [-0.2, -0.15) is 0 Å². The van der Waals surface area contributed by atoms with E-state index in [-0.39, 0.29) is 18.9 Å². The number of nitrogens with zero attached hydrogens (tertiary/aromatic N) is 2. The SMILES string of the molecule is CCCN(CCC)C(=O)CCN(c1cccc(OC)c1)S(C)(=O)=O. The van der Waals surface area contributed by atoms with Gasteiger partial charge in [0, 0.05) is 32.1 Å². The normalized spacial score (nSPS) is 11.2. The third kappa shape index (κ3) is 6.03. The highest BCUT2D eigenvalue weighted by Crippen LogP contribution is 2.23. The Morgan fingerprint density at radius 1 is 1.12 bits per heavy atom. The largest absolute Gasteiger partial charge is 0.497 e. The molecule has 0 aliphatic carbocycles. The van der Waals surface area contributed by atoms with Crippen LogP contribution >= 0.6 is 0 Å². The smallest absolute Gasteiger partial charge is 0.232 e. The number of hydrogen-bond donors (Lipinski definition) is 0. The van der Waals surface area contributed by atoms with E-state index in [4.69, 9.17) is 4.74 Å². The standard InChI is InChI=1S/C17H28N2O4S/c1-5-11-18(12-6-2)17(20)10-13-19(24(4,21)22)15-8-7-9-16(14-15)23-3/h7-9,14H,5-6,10-13H2,1-4H3. The van der Waals surface area contributed by atoms with Crippen molar-refractivity contribution in [2.45, 2.75) is 33.1 Å². The summed E-state index contributed by atoms with van der Waals surface area (Å²) < 4.78 is 30.7. The van der Waals surface area contributed by atoms with E-state index in [1.807, 2.05) is 13.8 Å². The zero-order chi connectivity index (χ0) is 18.2. The molecule has 0 aliphatic heterocycles. The monoisotopic (exact) mass is 356 g/mol. The van der Waals surface area contributed by atoms with E-state index in [9.17, 15) is 13.2 Å². The van der Waals surface area contributed by atoms with Crippen molar-refractivity contribution < 1.29 is 17.9 Å². The Morgan fingerprint density at radius 3 is 2.25 bits per heavy atom. The molecule has 0 aromatic heterocycles. The van der Waals surface area contributed by atoms with Gasteiger partial charge in [-0.3, -0.25) is 9.10 Å². The molecule has 1 aromatic rings. The molecule has 6 nitrogen and oxygen atoms in total. The van der Waals surface area contributed by atoms with Crippen molar-refractivity contribution in [3.05, 3.63) is 24.3 Å². The Bertz CT molecular complexity index is 625. The number of benzene rings is 1. The molecule has 1 rings (SSSR count). The number of carbonyl (C=O) groups is 1. The number of amides is 1. The van der Waals surface area contributed by atoms with Crippen molar-refractivity contribution in [3.63, 3.8) is 0 Å². The van der Waals surface area contributed by atoms with Gasteiger partial charge in [-0.1, -0.05) is 19.9 Å². The summed E-state index contributed by atoms with van der Waals surface area (Å²) in [6.07, 6.45) is 3.08. The van der Waals surface area contributed by atoms with Crippen LogP contribution in [0.15, 0.2) is 24.3 Å². The molecule has 0 heterocycles. The number of hydrogen-bond acceptors (Lipinski definition) is 4. The molecule has 0 aliphatic rings. The summed E-state index contributed by atoms with van der Waals surface area (Å²) in [5.74, 6) is 0.557. The van der Waals surface area contributed by atoms with Crippen LogP contribution < -0.4 is 9.04 Å². The summed E-state index contributed by atoms with van der Waals surface area (Å²) in [6, 6.07) is 6.83. The maximum atomic E-state index is 12.4. The van der Waals surface area contributed by atoms with E-state index in [0.717, 1.165) is 19.1 Å². The number of anilines is 1. The molecule has 24 heavy (non-hydrogen) atoms. The lowest BCUT2D eigenvalue weighted by atomic mass is 10.2. The predicted octanol–water partition coefficient (Wildman–Crippen LogP) is 2.50. The van der Waals surface area contributed by atoms with Crippen LogP contribution in [0.4, 0.5) is 5.69 Å². The highest BCUT2D eigenvalue weighted by Gasteiger charge is 2.20. The Kier molecular flexibility index (Phi) is 8.04. The van der Waals surface area contributed by atoms with Crippen molar-refractivity contribution in [1.82, 2.24) is 4.90 Å². The second kappa shape index (κ2) is 9.52. The Balaban J connectivity index is 2.89. The van der Waals surface area contributed by atoms with Gasteiger partial charge in [0.05, 0.1) is 19.1 Å². The lowest BCUT2D eigenvalue weighted by Gasteiger charge is -2.25. The highest BCUT2D eigenvalue weighted by molar-refractivity contribution is 7.92. The molecule has 0 atom stereocenters. The summed E-state index contributed by atoms with van der Waals surface area (Å²) in [5, 5.41) is 0. The molecule has 0 spiro atoms. The van der Waals surface area contributed by atoms with Crippen LogP contribution in [-0.2, 0) is 14.8 Å². The number of rotatable bonds is 10. The number of methoxy groups -OCH3 is 1. The summed E-state index contributed by atoms with van der Waals surface area (Å²) >= 11 is 0. The van der Waals surface area contributed by atoms with Crippen LogP contribution in [0.3, 0.4) is 0 Å². The first kappa shape index (κ1) is 20.3. The minimum atomic E-state index is -3.48. The highest BCUT2D eigenvalue weighted by atomic mass is 32.2. The lowest BCUT2D eigenvalue weighted by Crippen LogP contribution is -2.37. The van der Waals surface area contributed by atoms with Gasteiger partial charge >= 0.3 is 0 Å². The molecule has 1 amide bonds. The fourth-order valence-electron chi connectivity index (χ4n) is 2.51. The van der Waals surface area contributed by atoms with Gasteiger partial charge < -0.3 is 9.64 Å². The fraction of sp³-hybridized carbons (Fsp3) is 0.588. The third-order valence-electron chi connectivity index (χ3n) is 3.61. The van der Waals surface area contributed by atoms with Crippen molar-refractivity contribution in [2.24, 2.45) is 0 Å². The van der Waals surface area contributed by atoms with Crippen molar-refractivity contribution in [3.8, 4) is 5.75 Å². The third-order valence-corrected chi connectivity index (χ3v) is 4.80. The van der Waals surface area contributed by atoms with Gasteiger partial charge in [-0.05, 0) is 25.0 Å². The van der Waals surface area contributed by atoms with Crippen LogP contribution in [0.2, 0.25) is 0 Å². The number of ether oxygens (including phenoxy) is 1. The lowest BCUT2D eigenvalue weighted by molar-refractivity contribution is -0.131. The average molecular weight is 356 g/mol. The van der Waals surface area contributed by atoms with Gasteiger partial charge in [0.1, 0.15) is 5.75 Å². The minimum absolute atomic E-state index is 0.0183. The van der Waals surface area contributed by atoms with Gasteiger partial charge in [0.2, 0.25) is 15.9 Å². The van der Waals surface area contributed by atoms with E-state index in [1.165, 1.54) is 11.4 Å². The molecule has 0 unspecified atom stereocenters. The molecular formula is C17H28N2O4S. The summed E-state index contributed by atoms with van der Waals surface area (Å²) in [5.41, 5.74) is 0.502.